The Hall–Kier alpha value is -3.56. The first-order valence-corrected chi connectivity index (χ1v) is 15.9. The minimum Gasteiger partial charge on any atom is -0.492 e. The Bertz CT molecular complexity index is 1380. The van der Waals surface area contributed by atoms with Gasteiger partial charge < -0.3 is 15.0 Å². The molecule has 0 heterocycles. The number of para-hydroxylation sites is 2. The molecule has 1 N–H and O–H groups in total. The average Bonchev–Trinajstić information content (AvgIpc) is 2.95. The molecule has 3 aromatic rings. The van der Waals surface area contributed by atoms with Crippen LogP contribution in [0.1, 0.15) is 37.8 Å². The number of rotatable bonds is 15. The summed E-state index contributed by atoms with van der Waals surface area (Å²) in [5.74, 6) is -0.482. The van der Waals surface area contributed by atoms with Crippen LogP contribution in [0.4, 0.5) is 5.69 Å². The van der Waals surface area contributed by atoms with E-state index in [0.29, 0.717) is 23.9 Å². The number of nitrogens with one attached hydrogen (secondary N) is 1. The Kier molecular flexibility index (Phi) is 12.0. The molecule has 0 unspecified atom stereocenters. The zero-order valence-corrected chi connectivity index (χ0v) is 25.3. The number of benzene rings is 3. The van der Waals surface area contributed by atoms with E-state index in [0.717, 1.165) is 34.5 Å². The molecule has 220 valence electrons. The van der Waals surface area contributed by atoms with E-state index in [4.69, 9.17) is 16.3 Å². The van der Waals surface area contributed by atoms with Gasteiger partial charge in [0.25, 0.3) is 0 Å². The average molecular weight is 600 g/mol. The van der Waals surface area contributed by atoms with E-state index in [9.17, 15) is 18.0 Å². The van der Waals surface area contributed by atoms with Crippen molar-refractivity contribution in [1.29, 1.82) is 0 Å². The lowest BCUT2D eigenvalue weighted by atomic mass is 10.0. The van der Waals surface area contributed by atoms with Gasteiger partial charge in [-0.1, -0.05) is 79.5 Å². The molecule has 2 amide bonds. The molecule has 1 atom stereocenters. The second-order valence-corrected chi connectivity index (χ2v) is 12.0. The fourth-order valence-corrected chi connectivity index (χ4v) is 5.36. The Balaban J connectivity index is 2.05. The summed E-state index contributed by atoms with van der Waals surface area (Å²) in [6.07, 6.45) is 3.00. The molecule has 0 radical (unpaired) electrons. The van der Waals surface area contributed by atoms with Crippen molar-refractivity contribution in [2.75, 3.05) is 30.3 Å². The predicted molar refractivity (Wildman–Crippen MR) is 164 cm³/mol. The van der Waals surface area contributed by atoms with Crippen LogP contribution in [0.15, 0.2) is 78.9 Å². The van der Waals surface area contributed by atoms with Crippen LogP contribution in [0.25, 0.3) is 0 Å². The van der Waals surface area contributed by atoms with Crippen molar-refractivity contribution in [2.24, 2.45) is 0 Å². The number of ether oxygens (including phenoxy) is 1. The highest BCUT2D eigenvalue weighted by Crippen LogP contribution is 2.30. The zero-order chi connectivity index (χ0) is 29.8. The van der Waals surface area contributed by atoms with Gasteiger partial charge in [-0.2, -0.15) is 0 Å². The van der Waals surface area contributed by atoms with Crippen LogP contribution >= 0.6 is 11.6 Å². The van der Waals surface area contributed by atoms with Crippen molar-refractivity contribution in [3.63, 3.8) is 0 Å². The first-order valence-electron chi connectivity index (χ1n) is 13.7. The third-order valence-corrected chi connectivity index (χ3v) is 7.86. The Labute approximate surface area is 248 Å². The topological polar surface area (TPSA) is 96.0 Å². The first kappa shape index (κ1) is 32.0. The molecule has 0 saturated heterocycles. The van der Waals surface area contributed by atoms with Crippen molar-refractivity contribution >= 4 is 39.1 Å². The summed E-state index contributed by atoms with van der Waals surface area (Å²) in [7, 11) is -3.90. The minimum atomic E-state index is -3.90. The van der Waals surface area contributed by atoms with E-state index in [1.54, 1.807) is 55.5 Å². The maximum Gasteiger partial charge on any atom is 0.244 e. The highest BCUT2D eigenvalue weighted by atomic mass is 35.5. The van der Waals surface area contributed by atoms with E-state index < -0.39 is 28.5 Å². The molecule has 10 heteroatoms. The molecular weight excluding hydrogens is 562 g/mol. The SMILES string of the molecule is CCCCNC(=O)[C@@H](Cc1ccccc1)N(Cc1ccc(Cl)cc1)C(=O)CN(c1ccccc1OCC)S(C)(=O)=O. The molecular formula is C31H38ClN3O5S. The lowest BCUT2D eigenvalue weighted by molar-refractivity contribution is -0.140. The third kappa shape index (κ3) is 9.50. The molecule has 8 nitrogen and oxygen atoms in total. The maximum absolute atomic E-state index is 14.2. The molecule has 0 aliphatic heterocycles. The fourth-order valence-electron chi connectivity index (χ4n) is 4.38. The number of sulfonamides is 1. The first-order chi connectivity index (χ1) is 19.6. The molecule has 0 aromatic heterocycles. The summed E-state index contributed by atoms with van der Waals surface area (Å²) < 4.78 is 32.7. The molecule has 3 rings (SSSR count). The molecule has 41 heavy (non-hydrogen) atoms. The molecule has 0 spiro atoms. The number of halogens is 1. The fraction of sp³-hybridized carbons (Fsp3) is 0.355. The number of hydrogen-bond donors (Lipinski definition) is 1. The summed E-state index contributed by atoms with van der Waals surface area (Å²) in [6.45, 7) is 4.20. The second-order valence-electron chi connectivity index (χ2n) is 9.67. The summed E-state index contributed by atoms with van der Waals surface area (Å²) in [4.78, 5) is 29.2. The second kappa shape index (κ2) is 15.4. The summed E-state index contributed by atoms with van der Waals surface area (Å²) >= 11 is 6.10. The van der Waals surface area contributed by atoms with Crippen molar-refractivity contribution in [1.82, 2.24) is 10.2 Å². The van der Waals surface area contributed by atoms with Crippen LogP contribution in [0, 0.1) is 0 Å². The summed E-state index contributed by atoms with van der Waals surface area (Å²) in [6, 6.07) is 22.2. The van der Waals surface area contributed by atoms with Gasteiger partial charge in [0.15, 0.2) is 0 Å². The normalized spacial score (nSPS) is 11.9. The predicted octanol–water partition coefficient (Wildman–Crippen LogP) is 5.06. The largest absolute Gasteiger partial charge is 0.492 e. The number of nitrogens with zero attached hydrogens (tertiary/aromatic N) is 2. The number of hydrogen-bond acceptors (Lipinski definition) is 5. The van der Waals surface area contributed by atoms with Crippen LogP contribution in [0.5, 0.6) is 5.75 Å². The van der Waals surface area contributed by atoms with Gasteiger partial charge in [0.2, 0.25) is 21.8 Å². The van der Waals surface area contributed by atoms with Crippen LogP contribution in [-0.4, -0.2) is 57.1 Å². The van der Waals surface area contributed by atoms with Gasteiger partial charge in [0, 0.05) is 24.5 Å². The quantitative estimate of drug-likeness (QED) is 0.246. The van der Waals surface area contributed by atoms with Crippen molar-refractivity contribution in [2.45, 2.75) is 45.7 Å². The standard InChI is InChI=1S/C31H38ClN3O5S/c1-4-6-20-33-31(37)28(21-24-12-8-7-9-13-24)34(22-25-16-18-26(32)19-17-25)30(36)23-35(41(3,38)39)27-14-10-11-15-29(27)40-5-2/h7-19,28H,4-6,20-23H2,1-3H3,(H,33,37)/t28-/m1/s1. The molecule has 3 aromatic carbocycles. The van der Waals surface area contributed by atoms with Crippen molar-refractivity contribution in [3.8, 4) is 5.75 Å². The molecule has 0 aliphatic rings. The van der Waals surface area contributed by atoms with Gasteiger partial charge in [-0.05, 0) is 48.7 Å². The number of carbonyl (C=O) groups is 2. The molecule has 0 fully saturated rings. The van der Waals surface area contributed by atoms with Gasteiger partial charge in [-0.15, -0.1) is 0 Å². The van der Waals surface area contributed by atoms with Crippen LogP contribution in [-0.2, 0) is 32.6 Å². The van der Waals surface area contributed by atoms with E-state index in [1.165, 1.54) is 4.90 Å². The lowest BCUT2D eigenvalue weighted by Gasteiger charge is -2.33. The summed E-state index contributed by atoms with van der Waals surface area (Å²) in [5, 5.41) is 3.51. The van der Waals surface area contributed by atoms with Crippen LogP contribution in [0.2, 0.25) is 5.02 Å². The number of unbranched alkanes of at least 4 members (excludes halogenated alkanes) is 1. The lowest BCUT2D eigenvalue weighted by Crippen LogP contribution is -2.53. The highest BCUT2D eigenvalue weighted by Gasteiger charge is 2.33. The number of carbonyl (C=O) groups excluding carboxylic acids is 2. The zero-order valence-electron chi connectivity index (χ0n) is 23.8. The monoisotopic (exact) mass is 599 g/mol. The van der Waals surface area contributed by atoms with Gasteiger partial charge in [-0.3, -0.25) is 13.9 Å². The van der Waals surface area contributed by atoms with E-state index in [-0.39, 0.29) is 24.6 Å². The third-order valence-electron chi connectivity index (χ3n) is 6.48. The van der Waals surface area contributed by atoms with E-state index in [1.807, 2.05) is 37.3 Å². The van der Waals surface area contributed by atoms with Crippen LogP contribution in [0.3, 0.4) is 0 Å². The Morgan fingerprint density at radius 3 is 2.22 bits per heavy atom. The van der Waals surface area contributed by atoms with Crippen molar-refractivity contribution < 1.29 is 22.7 Å². The van der Waals surface area contributed by atoms with Gasteiger partial charge in [0.05, 0.1) is 18.6 Å². The van der Waals surface area contributed by atoms with Gasteiger partial charge >= 0.3 is 0 Å². The smallest absolute Gasteiger partial charge is 0.244 e. The van der Waals surface area contributed by atoms with E-state index >= 15 is 0 Å². The van der Waals surface area contributed by atoms with Gasteiger partial charge in [0.1, 0.15) is 18.3 Å². The Morgan fingerprint density at radius 1 is 0.927 bits per heavy atom. The van der Waals surface area contributed by atoms with Gasteiger partial charge in [-0.25, -0.2) is 8.42 Å². The number of anilines is 1. The van der Waals surface area contributed by atoms with E-state index in [2.05, 4.69) is 5.32 Å². The molecule has 0 bridgehead atoms. The minimum absolute atomic E-state index is 0.0827. The molecule has 0 saturated carbocycles. The summed E-state index contributed by atoms with van der Waals surface area (Å²) in [5.41, 5.74) is 1.88. The van der Waals surface area contributed by atoms with Crippen molar-refractivity contribution in [3.05, 3.63) is 95.0 Å². The highest BCUT2D eigenvalue weighted by molar-refractivity contribution is 7.92. The number of amides is 2. The Morgan fingerprint density at radius 2 is 1.59 bits per heavy atom. The molecule has 0 aliphatic carbocycles. The van der Waals surface area contributed by atoms with Crippen LogP contribution < -0.4 is 14.4 Å². The maximum atomic E-state index is 14.2.